The molecule has 8 heteroatoms. The van der Waals surface area contributed by atoms with Crippen LogP contribution in [-0.4, -0.2) is 29.1 Å². The number of benzene rings is 3. The van der Waals surface area contributed by atoms with E-state index in [-0.39, 0.29) is 6.61 Å². The quantitative estimate of drug-likeness (QED) is 0.352. The molecule has 0 spiro atoms. The van der Waals surface area contributed by atoms with Crippen LogP contribution in [0, 0.1) is 11.3 Å². The molecule has 1 amide bonds. The summed E-state index contributed by atoms with van der Waals surface area (Å²) >= 11 is 12.5. The van der Waals surface area contributed by atoms with Gasteiger partial charge in [0.05, 0.1) is 5.02 Å². The first-order chi connectivity index (χ1) is 16.5. The van der Waals surface area contributed by atoms with Crippen molar-refractivity contribution in [2.45, 2.75) is 12.5 Å². The Morgan fingerprint density at radius 2 is 1.91 bits per heavy atom. The van der Waals surface area contributed by atoms with E-state index in [1.54, 1.807) is 41.3 Å². The lowest BCUT2D eigenvalue weighted by atomic mass is 9.92. The van der Waals surface area contributed by atoms with Crippen LogP contribution in [0.4, 0.5) is 4.79 Å². The first kappa shape index (κ1) is 22.1. The number of carbonyl (C=O) groups is 1. The van der Waals surface area contributed by atoms with E-state index < -0.39 is 12.1 Å². The van der Waals surface area contributed by atoms with Crippen LogP contribution in [0.5, 0.6) is 11.5 Å². The number of rotatable bonds is 4. The maximum absolute atomic E-state index is 13.3. The number of hydrogen-bond donors (Lipinski definition) is 1. The fourth-order valence-electron chi connectivity index (χ4n) is 4.35. The van der Waals surface area contributed by atoms with Crippen molar-refractivity contribution in [3.8, 4) is 17.6 Å². The third kappa shape index (κ3) is 4.16. The SMILES string of the molecule is N#CCOc1ccc(C2c3[nH]c4ccc(Cl)cc4c3CCN2C(=O)Oc2ccccc2Cl)cc1. The van der Waals surface area contributed by atoms with E-state index in [1.807, 2.05) is 36.4 Å². The summed E-state index contributed by atoms with van der Waals surface area (Å²) < 4.78 is 11.1. The Balaban J connectivity index is 1.56. The third-order valence-electron chi connectivity index (χ3n) is 5.86. The monoisotopic (exact) mass is 491 g/mol. The zero-order valence-electron chi connectivity index (χ0n) is 17.9. The first-order valence-corrected chi connectivity index (χ1v) is 11.4. The van der Waals surface area contributed by atoms with Gasteiger partial charge < -0.3 is 14.5 Å². The fraction of sp³-hybridized carbons (Fsp3) is 0.154. The molecule has 6 nitrogen and oxygen atoms in total. The molecule has 3 aromatic carbocycles. The van der Waals surface area contributed by atoms with Crippen LogP contribution < -0.4 is 9.47 Å². The van der Waals surface area contributed by atoms with Gasteiger partial charge in [-0.15, -0.1) is 0 Å². The Hall–Kier alpha value is -3.66. The molecule has 0 bridgehead atoms. The largest absolute Gasteiger partial charge is 0.479 e. The molecular formula is C26H19Cl2N3O3. The van der Waals surface area contributed by atoms with E-state index in [4.69, 9.17) is 37.9 Å². The number of H-pyrrole nitrogens is 1. The Morgan fingerprint density at radius 3 is 2.68 bits per heavy atom. The van der Waals surface area contributed by atoms with Gasteiger partial charge in [0.2, 0.25) is 0 Å². The third-order valence-corrected chi connectivity index (χ3v) is 6.40. The molecule has 0 saturated carbocycles. The number of para-hydroxylation sites is 1. The van der Waals surface area contributed by atoms with Gasteiger partial charge in [0.1, 0.15) is 17.9 Å². The van der Waals surface area contributed by atoms with Crippen LogP contribution >= 0.6 is 23.2 Å². The number of amides is 1. The van der Waals surface area contributed by atoms with Crippen molar-refractivity contribution in [2.24, 2.45) is 0 Å². The summed E-state index contributed by atoms with van der Waals surface area (Å²) in [6.45, 7) is 0.416. The summed E-state index contributed by atoms with van der Waals surface area (Å²) in [6.07, 6.45) is 0.151. The van der Waals surface area contributed by atoms with Gasteiger partial charge >= 0.3 is 6.09 Å². The average Bonchev–Trinajstić information content (AvgIpc) is 3.21. The second-order valence-corrected chi connectivity index (χ2v) is 8.71. The highest BCUT2D eigenvalue weighted by Gasteiger charge is 2.36. The number of nitrogens with one attached hydrogen (secondary N) is 1. The van der Waals surface area contributed by atoms with E-state index in [1.165, 1.54) is 0 Å². The summed E-state index contributed by atoms with van der Waals surface area (Å²) in [4.78, 5) is 18.5. The Labute approximate surface area is 206 Å². The van der Waals surface area contributed by atoms with E-state index in [2.05, 4.69) is 4.98 Å². The van der Waals surface area contributed by atoms with Crippen LogP contribution in [0.3, 0.4) is 0 Å². The second kappa shape index (κ2) is 9.30. The molecule has 1 aliphatic heterocycles. The molecule has 0 saturated heterocycles. The molecule has 0 radical (unpaired) electrons. The maximum atomic E-state index is 13.3. The Morgan fingerprint density at radius 1 is 1.12 bits per heavy atom. The Bertz CT molecular complexity index is 1410. The first-order valence-electron chi connectivity index (χ1n) is 10.7. The molecule has 4 aromatic rings. The molecule has 0 fully saturated rings. The number of ether oxygens (including phenoxy) is 2. The molecule has 1 N–H and O–H groups in total. The number of nitriles is 1. The molecule has 1 atom stereocenters. The standard InChI is InChI=1S/C26H19Cl2N3O3/c27-17-7-10-22-20(15-17)19-11-13-31(26(32)34-23-4-2-1-3-21(23)28)25(24(19)30-22)16-5-8-18(9-6-16)33-14-12-29/h1-10,15,25,30H,11,13-14H2. The minimum absolute atomic E-state index is 0.0357. The summed E-state index contributed by atoms with van der Waals surface area (Å²) in [6, 6.07) is 21.5. The highest BCUT2D eigenvalue weighted by Crippen LogP contribution is 2.40. The number of aromatic amines is 1. The van der Waals surface area contributed by atoms with E-state index in [0.29, 0.717) is 34.5 Å². The van der Waals surface area contributed by atoms with Crippen LogP contribution in [0.2, 0.25) is 10.0 Å². The zero-order valence-corrected chi connectivity index (χ0v) is 19.4. The van der Waals surface area contributed by atoms with E-state index in [0.717, 1.165) is 27.7 Å². The van der Waals surface area contributed by atoms with Gasteiger partial charge in [-0.25, -0.2) is 4.79 Å². The van der Waals surface area contributed by atoms with Crippen LogP contribution in [0.25, 0.3) is 10.9 Å². The van der Waals surface area contributed by atoms with Crippen LogP contribution in [-0.2, 0) is 6.42 Å². The predicted molar refractivity (Wildman–Crippen MR) is 131 cm³/mol. The lowest BCUT2D eigenvalue weighted by Crippen LogP contribution is -2.42. The topological polar surface area (TPSA) is 78.4 Å². The second-order valence-electron chi connectivity index (χ2n) is 7.87. The van der Waals surface area contributed by atoms with E-state index >= 15 is 0 Å². The highest BCUT2D eigenvalue weighted by molar-refractivity contribution is 6.32. The Kier molecular flexibility index (Phi) is 6.06. The minimum atomic E-state index is -0.495. The zero-order chi connectivity index (χ0) is 23.7. The maximum Gasteiger partial charge on any atom is 0.416 e. The highest BCUT2D eigenvalue weighted by atomic mass is 35.5. The van der Waals surface area contributed by atoms with Crippen molar-refractivity contribution in [3.05, 3.63) is 93.6 Å². The number of fused-ring (bicyclic) bond motifs is 3. The van der Waals surface area contributed by atoms with Gasteiger partial charge in [0.15, 0.2) is 12.4 Å². The van der Waals surface area contributed by atoms with Gasteiger partial charge in [-0.2, -0.15) is 5.26 Å². The van der Waals surface area contributed by atoms with Crippen molar-refractivity contribution in [1.29, 1.82) is 5.26 Å². The van der Waals surface area contributed by atoms with Crippen LogP contribution in [0.15, 0.2) is 66.7 Å². The average molecular weight is 492 g/mol. The predicted octanol–water partition coefficient (Wildman–Crippen LogP) is 6.52. The number of nitrogens with zero attached hydrogens (tertiary/aromatic N) is 2. The minimum Gasteiger partial charge on any atom is -0.479 e. The molecule has 1 aromatic heterocycles. The van der Waals surface area contributed by atoms with Gasteiger partial charge in [0, 0.05) is 28.2 Å². The number of halogens is 2. The molecule has 2 heterocycles. The van der Waals surface area contributed by atoms with Gasteiger partial charge in [-0.05, 0) is 60.0 Å². The number of hydrogen-bond acceptors (Lipinski definition) is 4. The smallest absolute Gasteiger partial charge is 0.416 e. The molecule has 1 unspecified atom stereocenters. The molecule has 5 rings (SSSR count). The lowest BCUT2D eigenvalue weighted by molar-refractivity contribution is 0.135. The van der Waals surface area contributed by atoms with Gasteiger partial charge in [-0.3, -0.25) is 4.90 Å². The molecule has 170 valence electrons. The molecule has 34 heavy (non-hydrogen) atoms. The number of aromatic nitrogens is 1. The summed E-state index contributed by atoms with van der Waals surface area (Å²) in [5.41, 5.74) is 3.85. The number of carbonyl (C=O) groups excluding carboxylic acids is 1. The van der Waals surface area contributed by atoms with Crippen molar-refractivity contribution in [2.75, 3.05) is 13.2 Å². The summed E-state index contributed by atoms with van der Waals surface area (Å²) in [5.74, 6) is 0.886. The molecule has 1 aliphatic rings. The van der Waals surface area contributed by atoms with Crippen molar-refractivity contribution >= 4 is 40.2 Å². The lowest BCUT2D eigenvalue weighted by Gasteiger charge is -2.35. The van der Waals surface area contributed by atoms with Gasteiger partial charge in [-0.1, -0.05) is 47.5 Å². The summed E-state index contributed by atoms with van der Waals surface area (Å²) in [7, 11) is 0. The van der Waals surface area contributed by atoms with Crippen LogP contribution in [0.1, 0.15) is 22.9 Å². The van der Waals surface area contributed by atoms with Crippen molar-refractivity contribution < 1.29 is 14.3 Å². The summed E-state index contributed by atoms with van der Waals surface area (Å²) in [5, 5.41) is 10.8. The molecule has 0 aliphatic carbocycles. The normalized spacial score (nSPS) is 15.0. The van der Waals surface area contributed by atoms with Crippen molar-refractivity contribution in [3.63, 3.8) is 0 Å². The van der Waals surface area contributed by atoms with Crippen molar-refractivity contribution in [1.82, 2.24) is 9.88 Å². The fourth-order valence-corrected chi connectivity index (χ4v) is 4.69. The van der Waals surface area contributed by atoms with Gasteiger partial charge in [0.25, 0.3) is 0 Å². The van der Waals surface area contributed by atoms with E-state index in [9.17, 15) is 4.79 Å². The molecular weight excluding hydrogens is 473 g/mol.